The van der Waals surface area contributed by atoms with E-state index >= 15 is 0 Å². The fourth-order valence-corrected chi connectivity index (χ4v) is 17.2. The van der Waals surface area contributed by atoms with Gasteiger partial charge in [0.25, 0.3) is 6.71 Å². The van der Waals surface area contributed by atoms with Crippen molar-refractivity contribution in [3.63, 3.8) is 0 Å². The largest absolute Gasteiger partial charge is 0.456 e. The molecule has 14 aromatic carbocycles. The van der Waals surface area contributed by atoms with Crippen molar-refractivity contribution in [3.8, 4) is 44.8 Å². The molecule has 0 saturated heterocycles. The van der Waals surface area contributed by atoms with E-state index in [0.717, 1.165) is 122 Å². The molecule has 2 aliphatic rings. The van der Waals surface area contributed by atoms with E-state index in [4.69, 9.17) is 8.83 Å². The first-order valence-corrected chi connectivity index (χ1v) is 37.3. The summed E-state index contributed by atoms with van der Waals surface area (Å²) in [7, 11) is 0. The van der Waals surface area contributed by atoms with Gasteiger partial charge in [0.2, 0.25) is 0 Å². The highest BCUT2D eigenvalue weighted by Gasteiger charge is 2.46. The minimum Gasteiger partial charge on any atom is -0.456 e. The molecule has 518 valence electrons. The Morgan fingerprint density at radius 3 is 1.21 bits per heavy atom. The molecule has 4 aromatic heterocycles. The van der Waals surface area contributed by atoms with Crippen LogP contribution in [0.3, 0.4) is 0 Å². The number of nitrogens with zero attached hydrogens (tertiary/aromatic N) is 4. The quantitative estimate of drug-likeness (QED) is 0.149. The molecule has 0 fully saturated rings. The monoisotopic (exact) mass is 1390 g/mol. The van der Waals surface area contributed by atoms with Gasteiger partial charge < -0.3 is 27.8 Å². The summed E-state index contributed by atoms with van der Waals surface area (Å²) in [4.78, 5) is 4.84. The van der Waals surface area contributed by atoms with Gasteiger partial charge in [-0.05, 0) is 186 Å². The van der Waals surface area contributed by atoms with Gasteiger partial charge in [-0.25, -0.2) is 0 Å². The highest BCUT2D eigenvalue weighted by molar-refractivity contribution is 7.00. The molecule has 0 bridgehead atoms. The van der Waals surface area contributed by atoms with E-state index in [-0.39, 0.29) is 43.5 Å². The molecule has 6 heterocycles. The molecule has 0 unspecified atom stereocenters. The Morgan fingerprint density at radius 1 is 0.299 bits per heavy atom. The Labute approximate surface area is 636 Å². The number of furan rings is 2. The maximum Gasteiger partial charge on any atom is 0.252 e. The minimum absolute atomic E-state index is 0.00316. The van der Waals surface area contributed by atoms with Crippen LogP contribution in [-0.4, -0.2) is 15.8 Å². The highest BCUT2D eigenvalue weighted by atomic mass is 16.3. The summed E-state index contributed by atoms with van der Waals surface area (Å²) >= 11 is 0. The first kappa shape index (κ1) is 56.3. The summed E-state index contributed by atoms with van der Waals surface area (Å²) in [6, 6.07) is 81.2. The van der Waals surface area contributed by atoms with Gasteiger partial charge in [0.15, 0.2) is 0 Å². The predicted molar refractivity (Wildman–Crippen MR) is 455 cm³/mol. The Bertz CT molecular complexity index is 7090. The van der Waals surface area contributed by atoms with Gasteiger partial charge in [-0.15, -0.1) is 0 Å². The number of rotatable bonds is 7. The van der Waals surface area contributed by atoms with Gasteiger partial charge in [-0.2, -0.15) is 0 Å². The molecule has 20 rings (SSSR count). The van der Waals surface area contributed by atoms with Gasteiger partial charge in [0.05, 0.1) is 60.9 Å². The van der Waals surface area contributed by atoms with E-state index in [1.165, 1.54) is 22.3 Å². The third-order valence-corrected chi connectivity index (χ3v) is 22.7. The van der Waals surface area contributed by atoms with Crippen molar-refractivity contribution in [2.45, 2.75) is 105 Å². The van der Waals surface area contributed by atoms with E-state index in [1.807, 2.05) is 36.4 Å². The fourth-order valence-electron chi connectivity index (χ4n) is 17.2. The van der Waals surface area contributed by atoms with Gasteiger partial charge >= 0.3 is 0 Å². The molecule has 18 aromatic rings. The van der Waals surface area contributed by atoms with Crippen LogP contribution in [0.2, 0.25) is 0 Å². The van der Waals surface area contributed by atoms with Crippen molar-refractivity contribution in [2.24, 2.45) is 0 Å². The predicted octanol–water partition coefficient (Wildman–Crippen LogP) is 26.0. The molecule has 0 aliphatic carbocycles. The van der Waals surface area contributed by atoms with Gasteiger partial charge in [-0.1, -0.05) is 265 Å². The number of hydrogen-bond acceptors (Lipinski definition) is 4. The van der Waals surface area contributed by atoms with Crippen LogP contribution in [0.25, 0.3) is 132 Å². The number of aromatic nitrogens is 2. The van der Waals surface area contributed by atoms with Gasteiger partial charge in [-0.3, -0.25) is 0 Å². The van der Waals surface area contributed by atoms with Crippen LogP contribution in [0, 0.1) is 0 Å². The fraction of sp³-hybridized carbons (Fsp3) is 0.160. The first-order valence-electron chi connectivity index (χ1n) is 41.3. The average Bonchev–Trinajstić information content (AvgIpc) is 1.68. The zero-order valence-electron chi connectivity index (χ0n) is 70.2. The van der Waals surface area contributed by atoms with Gasteiger partial charge in [0.1, 0.15) is 22.3 Å². The molecule has 7 heteroatoms. The summed E-state index contributed by atoms with van der Waals surface area (Å²) in [5.74, 6) is 0. The van der Waals surface area contributed by atoms with Crippen molar-refractivity contribution < 1.29 is 19.8 Å². The van der Waals surface area contributed by atoms with E-state index in [0.29, 0.717) is 39.4 Å². The van der Waals surface area contributed by atoms with Gasteiger partial charge in [0, 0.05) is 71.9 Å². The molecule has 0 radical (unpaired) electrons. The standard InChI is InChI=1S/C100H83BN4O2/c1-97(2,3)64-40-47-82-76(55-64)77-56-65(98(4,5)6)41-48-83(77)102(82)68-42-46-79-85(57-68)105(96-71(61-29-17-14-18-30-61)44-50-91-93(96)75-34-22-26-38-89(75)107-91)87-59-69(103-80-35-23-19-31-72(80)73-32-20-24-36-81(73)103)58-86-94(87)101(79)78-45-39-62(63-51-66(99(7,8)9)54-67(52-63)100(10,11)12)53-84(78)104(86)95-70(60-27-15-13-16-28-60)43-49-90-92(95)74-33-21-25-37-88(74)106-90/h13-59H,1-12H3/i19D,20D,23D,24D,31D,32D,35D,36D. The third-order valence-electron chi connectivity index (χ3n) is 22.7. The zero-order chi connectivity index (χ0) is 79.9. The number of para-hydroxylation sites is 4. The lowest BCUT2D eigenvalue weighted by molar-refractivity contribution is 0.569. The lowest BCUT2D eigenvalue weighted by Gasteiger charge is -2.45. The Kier molecular flexibility index (Phi) is 12.2. The Hall–Kier alpha value is -12.1. The topological polar surface area (TPSA) is 42.6 Å². The molecule has 107 heavy (non-hydrogen) atoms. The molecule has 2 aliphatic heterocycles. The summed E-state index contributed by atoms with van der Waals surface area (Å²) in [6.07, 6.45) is 0. The molecule has 0 amide bonds. The SMILES string of the molecule is [2H]c1c([2H])c([2H])c2c(c1[2H])c1c([2H])c([2H])c([2H])c([2H])c1n2-c1cc2c3c(c1)N(c1c(-c4ccccc4)ccc4oc5ccccc5c14)c1cc(-n4c5ccc(C(C)(C)C)cc5c5cc(C(C)(C)C)ccc54)ccc1B3c1ccc(-c3cc(C(C)(C)C)cc(C(C)(C)C)c3)cc1N2c1c(-c2ccccc2)ccc2oc3ccccc3c12. The Balaban J connectivity index is 1.02. The maximum atomic E-state index is 10.2. The molecule has 0 N–H and O–H groups in total. The van der Waals surface area contributed by atoms with Crippen molar-refractivity contribution >= 4 is 145 Å². The summed E-state index contributed by atoms with van der Waals surface area (Å²) in [5, 5.41) is 5.69. The van der Waals surface area contributed by atoms with Crippen molar-refractivity contribution in [2.75, 3.05) is 9.80 Å². The molecule has 0 atom stereocenters. The lowest BCUT2D eigenvalue weighted by atomic mass is 9.33. The molecular formula is C100H83BN4O2. The zero-order valence-corrected chi connectivity index (χ0v) is 62.2. The summed E-state index contributed by atoms with van der Waals surface area (Å²) < 4.78 is 96.5. The first-order chi connectivity index (χ1) is 54.9. The second kappa shape index (κ2) is 23.2. The number of hydrogen-bond donors (Lipinski definition) is 0. The average molecular weight is 1390 g/mol. The maximum absolute atomic E-state index is 10.2. The van der Waals surface area contributed by atoms with Crippen molar-refractivity contribution in [1.29, 1.82) is 0 Å². The summed E-state index contributed by atoms with van der Waals surface area (Å²) in [6.45, 7) is 26.7. The normalized spacial score (nSPS) is 14.4. The molecule has 6 nitrogen and oxygen atoms in total. The van der Waals surface area contributed by atoms with Crippen molar-refractivity contribution in [3.05, 3.63) is 307 Å². The minimum atomic E-state index is -0.568. The molecule has 0 saturated carbocycles. The van der Waals surface area contributed by atoms with E-state index in [9.17, 15) is 11.0 Å². The lowest BCUT2D eigenvalue weighted by Crippen LogP contribution is -2.61. The van der Waals surface area contributed by atoms with E-state index in [2.05, 4.69) is 298 Å². The van der Waals surface area contributed by atoms with Crippen LogP contribution in [0.1, 0.15) is 116 Å². The highest BCUT2D eigenvalue weighted by Crippen LogP contribution is 2.56. The van der Waals surface area contributed by atoms with Crippen LogP contribution in [0.4, 0.5) is 34.1 Å². The van der Waals surface area contributed by atoms with Crippen LogP contribution >= 0.6 is 0 Å². The second-order valence-corrected chi connectivity index (χ2v) is 33.5. The third kappa shape index (κ3) is 9.99. The number of fused-ring (bicyclic) bond motifs is 16. The molecular weight excluding hydrogens is 1300 g/mol. The number of anilines is 6. The Morgan fingerprint density at radius 2 is 0.729 bits per heavy atom. The second-order valence-electron chi connectivity index (χ2n) is 33.5. The number of benzene rings is 14. The van der Waals surface area contributed by atoms with Crippen molar-refractivity contribution in [1.82, 2.24) is 9.13 Å². The van der Waals surface area contributed by atoms with Crippen LogP contribution < -0.4 is 26.2 Å². The van der Waals surface area contributed by atoms with E-state index < -0.39 is 55.1 Å². The van der Waals surface area contributed by atoms with Crippen LogP contribution in [0.15, 0.2) is 294 Å². The molecule has 0 spiro atoms. The van der Waals surface area contributed by atoms with Crippen LogP contribution in [0.5, 0.6) is 0 Å². The van der Waals surface area contributed by atoms with Crippen LogP contribution in [-0.2, 0) is 21.7 Å². The summed E-state index contributed by atoms with van der Waals surface area (Å²) in [5.41, 5.74) is 23.4. The van der Waals surface area contributed by atoms with E-state index in [1.54, 1.807) is 4.57 Å². The smallest absolute Gasteiger partial charge is 0.252 e.